The summed E-state index contributed by atoms with van der Waals surface area (Å²) in [7, 11) is 0. The number of hydrogen-bond donors (Lipinski definition) is 4. The van der Waals surface area contributed by atoms with Crippen molar-refractivity contribution in [1.82, 2.24) is 20.5 Å². The second-order valence-electron chi connectivity index (χ2n) is 4.72. The van der Waals surface area contributed by atoms with E-state index >= 15 is 0 Å². The zero-order chi connectivity index (χ0) is 13.2. The molecule has 0 aromatic carbocycles. The standard InChI is InChI=1S/C11H18N4O3/c1-2-11(5-16,6-17)13-10(18)9-12-8(14-15-9)7-3-4-7/h7,16-17H,2-6H2,1H3,(H,13,18)(H,12,14,15). The number of carbonyl (C=O) groups excluding carboxylic acids is 1. The Balaban J connectivity index is 2.05. The van der Waals surface area contributed by atoms with Crippen LogP contribution in [-0.4, -0.2) is 50.1 Å². The summed E-state index contributed by atoms with van der Waals surface area (Å²) in [6.45, 7) is 1.12. The highest BCUT2D eigenvalue weighted by Gasteiger charge is 2.32. The Kier molecular flexibility index (Phi) is 3.63. The predicted molar refractivity (Wildman–Crippen MR) is 63.0 cm³/mol. The highest BCUT2D eigenvalue weighted by Crippen LogP contribution is 2.37. The number of nitrogens with zero attached hydrogens (tertiary/aromatic N) is 2. The molecule has 7 nitrogen and oxygen atoms in total. The van der Waals surface area contributed by atoms with Crippen LogP contribution in [0.5, 0.6) is 0 Å². The molecule has 1 aliphatic carbocycles. The topological polar surface area (TPSA) is 111 Å². The summed E-state index contributed by atoms with van der Waals surface area (Å²) in [5, 5.41) is 27.7. The molecule has 1 saturated carbocycles. The van der Waals surface area contributed by atoms with Crippen LogP contribution in [0.2, 0.25) is 0 Å². The molecular formula is C11H18N4O3. The van der Waals surface area contributed by atoms with Crippen molar-refractivity contribution in [2.75, 3.05) is 13.2 Å². The summed E-state index contributed by atoms with van der Waals surface area (Å²) < 4.78 is 0. The predicted octanol–water partition coefficient (Wildman–Crippen LogP) is -0.455. The van der Waals surface area contributed by atoms with Crippen molar-refractivity contribution in [3.05, 3.63) is 11.6 Å². The first-order valence-corrected chi connectivity index (χ1v) is 6.10. The lowest BCUT2D eigenvalue weighted by molar-refractivity contribution is 0.0645. The Morgan fingerprint density at radius 2 is 2.17 bits per heavy atom. The molecular weight excluding hydrogens is 236 g/mol. The number of aromatic nitrogens is 3. The first-order valence-electron chi connectivity index (χ1n) is 6.10. The van der Waals surface area contributed by atoms with Crippen LogP contribution in [0.3, 0.4) is 0 Å². The largest absolute Gasteiger partial charge is 0.394 e. The second kappa shape index (κ2) is 5.03. The van der Waals surface area contributed by atoms with Crippen LogP contribution < -0.4 is 5.32 Å². The van der Waals surface area contributed by atoms with E-state index in [1.54, 1.807) is 6.92 Å². The molecule has 1 heterocycles. The van der Waals surface area contributed by atoms with E-state index in [4.69, 9.17) is 0 Å². The van der Waals surface area contributed by atoms with Crippen molar-refractivity contribution in [2.24, 2.45) is 0 Å². The van der Waals surface area contributed by atoms with Gasteiger partial charge in [-0.25, -0.2) is 4.98 Å². The van der Waals surface area contributed by atoms with Crippen molar-refractivity contribution < 1.29 is 15.0 Å². The van der Waals surface area contributed by atoms with E-state index in [1.807, 2.05) is 0 Å². The van der Waals surface area contributed by atoms with Gasteiger partial charge in [0, 0.05) is 5.92 Å². The van der Waals surface area contributed by atoms with Gasteiger partial charge >= 0.3 is 0 Å². The van der Waals surface area contributed by atoms with Gasteiger partial charge < -0.3 is 15.5 Å². The summed E-state index contributed by atoms with van der Waals surface area (Å²) in [5.41, 5.74) is -1.02. The molecule has 0 radical (unpaired) electrons. The molecule has 0 aliphatic heterocycles. The monoisotopic (exact) mass is 254 g/mol. The highest BCUT2D eigenvalue weighted by molar-refractivity contribution is 5.90. The minimum atomic E-state index is -1.02. The molecule has 0 unspecified atom stereocenters. The van der Waals surface area contributed by atoms with Gasteiger partial charge in [-0.3, -0.25) is 9.89 Å². The second-order valence-corrected chi connectivity index (χ2v) is 4.72. The Bertz CT molecular complexity index is 415. The lowest BCUT2D eigenvalue weighted by Gasteiger charge is -2.28. The summed E-state index contributed by atoms with van der Waals surface area (Å²) in [5.74, 6) is 0.695. The number of hydrogen-bond acceptors (Lipinski definition) is 5. The van der Waals surface area contributed by atoms with E-state index in [1.165, 1.54) is 0 Å². The van der Waals surface area contributed by atoms with Crippen LogP contribution in [0, 0.1) is 0 Å². The average molecular weight is 254 g/mol. The van der Waals surface area contributed by atoms with Crippen molar-refractivity contribution in [1.29, 1.82) is 0 Å². The number of carbonyl (C=O) groups is 1. The Labute approximate surface area is 105 Å². The SMILES string of the molecule is CCC(CO)(CO)NC(=O)c1n[nH]c(C2CC2)n1. The molecule has 4 N–H and O–H groups in total. The number of aliphatic hydroxyl groups excluding tert-OH is 2. The van der Waals surface area contributed by atoms with Crippen LogP contribution in [0.4, 0.5) is 0 Å². The van der Waals surface area contributed by atoms with Gasteiger partial charge in [-0.2, -0.15) is 0 Å². The van der Waals surface area contributed by atoms with Gasteiger partial charge in [-0.1, -0.05) is 6.92 Å². The Hall–Kier alpha value is -1.47. The van der Waals surface area contributed by atoms with Gasteiger partial charge in [0.1, 0.15) is 5.82 Å². The van der Waals surface area contributed by atoms with Crippen LogP contribution in [0.25, 0.3) is 0 Å². The number of aliphatic hydroxyl groups is 2. The third-order valence-corrected chi connectivity index (χ3v) is 3.33. The minimum Gasteiger partial charge on any atom is -0.394 e. The number of aromatic amines is 1. The maximum Gasteiger partial charge on any atom is 0.291 e. The molecule has 1 aromatic rings. The fraction of sp³-hybridized carbons (Fsp3) is 0.727. The Morgan fingerprint density at radius 1 is 1.50 bits per heavy atom. The quantitative estimate of drug-likeness (QED) is 0.549. The maximum atomic E-state index is 11.9. The lowest BCUT2D eigenvalue weighted by Crippen LogP contribution is -2.54. The number of amides is 1. The van der Waals surface area contributed by atoms with Crippen LogP contribution in [-0.2, 0) is 0 Å². The van der Waals surface area contributed by atoms with Crippen molar-refractivity contribution in [2.45, 2.75) is 37.6 Å². The normalized spacial score (nSPS) is 15.7. The van der Waals surface area contributed by atoms with Crippen LogP contribution >= 0.6 is 0 Å². The van der Waals surface area contributed by atoms with E-state index in [2.05, 4.69) is 20.5 Å². The Morgan fingerprint density at radius 3 is 2.67 bits per heavy atom. The maximum absolute atomic E-state index is 11.9. The van der Waals surface area contributed by atoms with Gasteiger partial charge in [0.05, 0.1) is 18.8 Å². The van der Waals surface area contributed by atoms with Gasteiger partial charge in [-0.15, -0.1) is 5.10 Å². The molecule has 1 fully saturated rings. The number of H-pyrrole nitrogens is 1. The molecule has 0 atom stereocenters. The van der Waals surface area contributed by atoms with E-state index in [9.17, 15) is 15.0 Å². The molecule has 18 heavy (non-hydrogen) atoms. The van der Waals surface area contributed by atoms with Gasteiger partial charge in [0.25, 0.3) is 5.91 Å². The molecule has 0 saturated heterocycles. The van der Waals surface area contributed by atoms with Gasteiger partial charge in [0.15, 0.2) is 0 Å². The smallest absolute Gasteiger partial charge is 0.291 e. The molecule has 0 spiro atoms. The van der Waals surface area contributed by atoms with Crippen LogP contribution in [0.15, 0.2) is 0 Å². The molecule has 2 rings (SSSR count). The van der Waals surface area contributed by atoms with Gasteiger partial charge in [-0.05, 0) is 19.3 Å². The zero-order valence-corrected chi connectivity index (χ0v) is 10.3. The van der Waals surface area contributed by atoms with Crippen molar-refractivity contribution in [3.8, 4) is 0 Å². The number of rotatable bonds is 6. The molecule has 100 valence electrons. The summed E-state index contributed by atoms with van der Waals surface area (Å²) in [4.78, 5) is 16.0. The minimum absolute atomic E-state index is 0.0524. The first-order chi connectivity index (χ1) is 8.64. The highest BCUT2D eigenvalue weighted by atomic mass is 16.3. The van der Waals surface area contributed by atoms with E-state index in [0.717, 1.165) is 18.7 Å². The lowest BCUT2D eigenvalue weighted by atomic mass is 9.98. The summed E-state index contributed by atoms with van der Waals surface area (Å²) in [6.07, 6.45) is 2.57. The van der Waals surface area contributed by atoms with E-state index < -0.39 is 11.4 Å². The third-order valence-electron chi connectivity index (χ3n) is 3.33. The fourth-order valence-electron chi connectivity index (χ4n) is 1.65. The van der Waals surface area contributed by atoms with Crippen molar-refractivity contribution >= 4 is 5.91 Å². The average Bonchev–Trinajstić information content (AvgIpc) is 3.13. The summed E-state index contributed by atoms with van der Waals surface area (Å²) in [6, 6.07) is 0. The van der Waals surface area contributed by atoms with Crippen molar-refractivity contribution in [3.63, 3.8) is 0 Å². The molecule has 1 aliphatic rings. The summed E-state index contributed by atoms with van der Waals surface area (Å²) >= 11 is 0. The molecule has 1 amide bonds. The molecule has 7 heteroatoms. The number of nitrogens with one attached hydrogen (secondary N) is 2. The first kappa shape index (κ1) is 13.0. The van der Waals surface area contributed by atoms with Gasteiger partial charge in [0.2, 0.25) is 5.82 Å². The van der Waals surface area contributed by atoms with E-state index in [-0.39, 0.29) is 19.0 Å². The third kappa shape index (κ3) is 2.51. The van der Waals surface area contributed by atoms with E-state index in [0.29, 0.717) is 12.3 Å². The fourth-order valence-corrected chi connectivity index (χ4v) is 1.65. The molecule has 1 aromatic heterocycles. The zero-order valence-electron chi connectivity index (χ0n) is 10.3. The molecule has 0 bridgehead atoms. The van der Waals surface area contributed by atoms with Crippen LogP contribution in [0.1, 0.15) is 48.5 Å².